The van der Waals surface area contributed by atoms with E-state index in [9.17, 15) is 13.2 Å². The molecule has 7 heteroatoms. The largest absolute Gasteiger partial charge is 0.477 e. The summed E-state index contributed by atoms with van der Waals surface area (Å²) >= 11 is 0. The summed E-state index contributed by atoms with van der Waals surface area (Å²) in [5.74, 6) is -0.671. The molecule has 0 radical (unpaired) electrons. The highest BCUT2D eigenvalue weighted by atomic mass is 32.2. The summed E-state index contributed by atoms with van der Waals surface area (Å²) in [5.41, 5.74) is -0.0965. The fourth-order valence-corrected chi connectivity index (χ4v) is 3.90. The molecular weight excluding hydrogens is 268 g/mol. The number of aromatic nitrogens is 1. The van der Waals surface area contributed by atoms with Crippen molar-refractivity contribution in [1.82, 2.24) is 9.29 Å². The molecule has 2 fully saturated rings. The number of nitrogens with zero attached hydrogens (tertiary/aromatic N) is 1. The lowest BCUT2D eigenvalue weighted by molar-refractivity contribution is 0.0691. The van der Waals surface area contributed by atoms with Crippen LogP contribution in [0.4, 0.5) is 0 Å². The number of aromatic amines is 1. The maximum absolute atomic E-state index is 12.5. The van der Waals surface area contributed by atoms with Crippen molar-refractivity contribution in [2.45, 2.75) is 36.6 Å². The van der Waals surface area contributed by atoms with Gasteiger partial charge in [0, 0.05) is 18.8 Å². The van der Waals surface area contributed by atoms with Gasteiger partial charge in [0.15, 0.2) is 0 Å². The van der Waals surface area contributed by atoms with E-state index >= 15 is 0 Å². The number of H-pyrrole nitrogens is 1. The van der Waals surface area contributed by atoms with Gasteiger partial charge in [-0.05, 0) is 37.7 Å². The van der Waals surface area contributed by atoms with Crippen LogP contribution in [0.3, 0.4) is 0 Å². The quantitative estimate of drug-likeness (QED) is 0.823. The van der Waals surface area contributed by atoms with Gasteiger partial charge in [-0.1, -0.05) is 0 Å². The van der Waals surface area contributed by atoms with E-state index in [2.05, 4.69) is 4.98 Å². The highest BCUT2D eigenvalue weighted by Crippen LogP contribution is 2.38. The van der Waals surface area contributed by atoms with Crippen LogP contribution in [-0.4, -0.2) is 41.4 Å². The average Bonchev–Trinajstić information content (AvgIpc) is 3.24. The van der Waals surface area contributed by atoms with Crippen molar-refractivity contribution >= 4 is 16.0 Å². The zero-order valence-electron chi connectivity index (χ0n) is 10.4. The number of nitrogens with one attached hydrogen (secondary N) is 1. The van der Waals surface area contributed by atoms with Crippen LogP contribution in [0.15, 0.2) is 17.2 Å². The molecule has 1 heterocycles. The molecule has 0 aromatic carbocycles. The molecule has 1 aromatic heterocycles. The molecule has 6 nitrogen and oxygen atoms in total. The van der Waals surface area contributed by atoms with Crippen molar-refractivity contribution in [2.24, 2.45) is 5.92 Å². The molecule has 0 spiro atoms. The Morgan fingerprint density at radius 3 is 2.53 bits per heavy atom. The predicted octanol–water partition coefficient (Wildman–Crippen LogP) is 1.28. The maximum atomic E-state index is 12.5. The van der Waals surface area contributed by atoms with Crippen molar-refractivity contribution in [2.75, 3.05) is 6.54 Å². The molecule has 2 saturated carbocycles. The van der Waals surface area contributed by atoms with E-state index in [1.807, 2.05) is 0 Å². The lowest BCUT2D eigenvalue weighted by Gasteiger charge is -2.20. The van der Waals surface area contributed by atoms with Crippen LogP contribution in [0.1, 0.15) is 36.2 Å². The van der Waals surface area contributed by atoms with Gasteiger partial charge in [-0.15, -0.1) is 0 Å². The first kappa shape index (κ1) is 12.7. The summed E-state index contributed by atoms with van der Waals surface area (Å²) in [7, 11) is -3.57. The summed E-state index contributed by atoms with van der Waals surface area (Å²) in [4.78, 5) is 13.3. The summed E-state index contributed by atoms with van der Waals surface area (Å²) in [6.07, 6.45) is 5.25. The first-order valence-corrected chi connectivity index (χ1v) is 7.86. The molecule has 104 valence electrons. The summed E-state index contributed by atoms with van der Waals surface area (Å²) in [6.45, 7) is 0.570. The Labute approximate surface area is 111 Å². The first-order chi connectivity index (χ1) is 8.98. The van der Waals surface area contributed by atoms with Gasteiger partial charge in [0.2, 0.25) is 10.0 Å². The molecule has 0 atom stereocenters. The van der Waals surface area contributed by atoms with Gasteiger partial charge in [0.05, 0.1) is 0 Å². The Bertz CT molecular complexity index is 599. The van der Waals surface area contributed by atoms with Crippen LogP contribution in [0.2, 0.25) is 0 Å². The molecule has 2 aliphatic carbocycles. The van der Waals surface area contributed by atoms with Crippen LogP contribution in [-0.2, 0) is 10.0 Å². The second kappa shape index (κ2) is 4.35. The fourth-order valence-electron chi connectivity index (χ4n) is 2.14. The zero-order valence-corrected chi connectivity index (χ0v) is 11.2. The second-order valence-electron chi connectivity index (χ2n) is 5.30. The molecule has 0 bridgehead atoms. The fraction of sp³-hybridized carbons (Fsp3) is 0.583. The van der Waals surface area contributed by atoms with Crippen molar-refractivity contribution in [3.05, 3.63) is 18.0 Å². The minimum Gasteiger partial charge on any atom is -0.477 e. The Kier molecular flexibility index (Phi) is 2.90. The standard InChI is InChI=1S/C12H16N2O4S/c15-12(16)11-5-10(6-13-11)19(17,18)14(9-3-4-9)7-8-1-2-8/h5-6,8-9,13H,1-4,7H2,(H,15,16). The topological polar surface area (TPSA) is 90.5 Å². The lowest BCUT2D eigenvalue weighted by Crippen LogP contribution is -2.34. The van der Waals surface area contributed by atoms with Crippen molar-refractivity contribution < 1.29 is 18.3 Å². The summed E-state index contributed by atoms with van der Waals surface area (Å²) < 4.78 is 26.6. The van der Waals surface area contributed by atoms with Gasteiger partial charge < -0.3 is 10.1 Å². The minimum absolute atomic E-state index is 0.0532. The number of hydrogen-bond donors (Lipinski definition) is 2. The van der Waals surface area contributed by atoms with Crippen LogP contribution in [0.25, 0.3) is 0 Å². The molecule has 1 aromatic rings. The molecule has 0 saturated heterocycles. The third-order valence-electron chi connectivity index (χ3n) is 3.58. The van der Waals surface area contributed by atoms with Crippen molar-refractivity contribution in [3.8, 4) is 0 Å². The number of carboxylic acids is 1. The van der Waals surface area contributed by atoms with Gasteiger partial charge in [0.1, 0.15) is 10.6 Å². The molecule has 2 aliphatic rings. The third-order valence-corrected chi connectivity index (χ3v) is 5.48. The van der Waals surface area contributed by atoms with Crippen LogP contribution < -0.4 is 0 Å². The molecule has 3 rings (SSSR count). The van der Waals surface area contributed by atoms with Crippen molar-refractivity contribution in [3.63, 3.8) is 0 Å². The Balaban J connectivity index is 1.87. The second-order valence-corrected chi connectivity index (χ2v) is 7.19. The van der Waals surface area contributed by atoms with E-state index in [1.54, 1.807) is 4.31 Å². The monoisotopic (exact) mass is 284 g/mol. The van der Waals surface area contributed by atoms with Crippen LogP contribution in [0, 0.1) is 5.92 Å². The normalized spacial score (nSPS) is 19.8. The number of aromatic carboxylic acids is 1. The van der Waals surface area contributed by atoms with Crippen LogP contribution in [0.5, 0.6) is 0 Å². The van der Waals surface area contributed by atoms with E-state index in [4.69, 9.17) is 5.11 Å². The smallest absolute Gasteiger partial charge is 0.352 e. The molecule has 0 amide bonds. The lowest BCUT2D eigenvalue weighted by atomic mass is 10.4. The molecule has 0 unspecified atom stereocenters. The number of sulfonamides is 1. The van der Waals surface area contributed by atoms with Gasteiger partial charge in [-0.25, -0.2) is 13.2 Å². The Morgan fingerprint density at radius 2 is 2.05 bits per heavy atom. The molecule has 2 N–H and O–H groups in total. The molecule has 0 aliphatic heterocycles. The predicted molar refractivity (Wildman–Crippen MR) is 67.4 cm³/mol. The number of hydrogen-bond acceptors (Lipinski definition) is 3. The van der Waals surface area contributed by atoms with E-state index in [0.717, 1.165) is 25.7 Å². The molecule has 19 heavy (non-hydrogen) atoms. The van der Waals surface area contributed by atoms with Gasteiger partial charge in [0.25, 0.3) is 0 Å². The maximum Gasteiger partial charge on any atom is 0.352 e. The van der Waals surface area contributed by atoms with E-state index in [0.29, 0.717) is 12.5 Å². The van der Waals surface area contributed by atoms with Crippen LogP contribution >= 0.6 is 0 Å². The zero-order chi connectivity index (χ0) is 13.6. The molecular formula is C12H16N2O4S. The number of carboxylic acid groups (broad SMARTS) is 1. The van der Waals surface area contributed by atoms with Crippen molar-refractivity contribution in [1.29, 1.82) is 0 Å². The average molecular weight is 284 g/mol. The van der Waals surface area contributed by atoms with E-state index < -0.39 is 16.0 Å². The van der Waals surface area contributed by atoms with Gasteiger partial charge in [-0.3, -0.25) is 0 Å². The van der Waals surface area contributed by atoms with Gasteiger partial charge in [-0.2, -0.15) is 4.31 Å². The van der Waals surface area contributed by atoms with E-state index in [1.165, 1.54) is 12.3 Å². The Morgan fingerprint density at radius 1 is 1.37 bits per heavy atom. The summed E-state index contributed by atoms with van der Waals surface area (Å²) in [6, 6.07) is 1.30. The minimum atomic E-state index is -3.57. The summed E-state index contributed by atoms with van der Waals surface area (Å²) in [5, 5.41) is 8.84. The highest BCUT2D eigenvalue weighted by Gasteiger charge is 2.41. The third kappa shape index (κ3) is 2.52. The number of carbonyl (C=O) groups is 1. The van der Waals surface area contributed by atoms with E-state index in [-0.39, 0.29) is 16.6 Å². The SMILES string of the molecule is O=C(O)c1cc(S(=O)(=O)N(CC2CC2)C2CC2)c[nH]1. The Hall–Kier alpha value is -1.34. The first-order valence-electron chi connectivity index (χ1n) is 6.42. The van der Waals surface area contributed by atoms with Gasteiger partial charge >= 0.3 is 5.97 Å². The number of rotatable bonds is 6. The highest BCUT2D eigenvalue weighted by molar-refractivity contribution is 7.89.